The van der Waals surface area contributed by atoms with E-state index in [4.69, 9.17) is 5.73 Å². The third-order valence-corrected chi connectivity index (χ3v) is 3.86. The van der Waals surface area contributed by atoms with Crippen molar-refractivity contribution in [2.24, 2.45) is 5.73 Å². The number of nitrogens with two attached hydrogens (primary N) is 1. The zero-order valence-corrected chi connectivity index (χ0v) is 12.4. The molecule has 0 aromatic carbocycles. The maximum absolute atomic E-state index is 11.6. The minimum Gasteiger partial charge on any atom is -0.355 e. The summed E-state index contributed by atoms with van der Waals surface area (Å²) in [4.78, 5) is 16.1. The lowest BCUT2D eigenvalue weighted by Gasteiger charge is -2.29. The van der Waals surface area contributed by atoms with Crippen molar-refractivity contribution in [2.45, 2.75) is 32.9 Å². The van der Waals surface area contributed by atoms with Crippen LogP contribution in [0.4, 0.5) is 0 Å². The van der Waals surface area contributed by atoms with Crippen LogP contribution >= 0.6 is 11.3 Å². The Morgan fingerprint density at radius 2 is 2.22 bits per heavy atom. The first kappa shape index (κ1) is 15.1. The normalized spacial score (nSPS) is 14.6. The predicted molar refractivity (Wildman–Crippen MR) is 76.8 cm³/mol. The van der Waals surface area contributed by atoms with Gasteiger partial charge in [0.05, 0.1) is 12.6 Å². The molecule has 5 heteroatoms. The fraction of sp³-hybridized carbons (Fsp3) is 0.615. The summed E-state index contributed by atoms with van der Waals surface area (Å²) in [6, 6.07) is 4.27. The minimum absolute atomic E-state index is 0.0116. The van der Waals surface area contributed by atoms with Crippen molar-refractivity contribution >= 4 is 17.2 Å². The molecular weight excluding hydrogens is 246 g/mol. The van der Waals surface area contributed by atoms with Gasteiger partial charge in [0.1, 0.15) is 0 Å². The van der Waals surface area contributed by atoms with Crippen LogP contribution in [-0.2, 0) is 4.79 Å². The van der Waals surface area contributed by atoms with E-state index in [1.807, 2.05) is 25.8 Å². The molecule has 1 aromatic heterocycles. The molecule has 0 saturated heterocycles. The van der Waals surface area contributed by atoms with E-state index in [1.54, 1.807) is 11.3 Å². The standard InChI is InChI=1S/C13H23N3OS/c1-5-15-12(17)8-16(4)13(10(3)14)11-7-6-9(2)18-11/h6-7,10,13H,5,8,14H2,1-4H3,(H,15,17). The van der Waals surface area contributed by atoms with Crippen molar-refractivity contribution in [3.8, 4) is 0 Å². The van der Waals surface area contributed by atoms with E-state index in [2.05, 4.69) is 24.4 Å². The lowest BCUT2D eigenvalue weighted by Crippen LogP contribution is -2.42. The fourth-order valence-electron chi connectivity index (χ4n) is 2.07. The largest absolute Gasteiger partial charge is 0.355 e. The second-order valence-corrected chi connectivity index (χ2v) is 5.94. The number of hydrogen-bond acceptors (Lipinski definition) is 4. The molecule has 2 unspecified atom stereocenters. The van der Waals surface area contributed by atoms with Gasteiger partial charge in [0.2, 0.25) is 5.91 Å². The number of nitrogens with one attached hydrogen (secondary N) is 1. The average Bonchev–Trinajstić information content (AvgIpc) is 2.64. The molecule has 102 valence electrons. The van der Waals surface area contributed by atoms with Crippen molar-refractivity contribution < 1.29 is 4.79 Å². The first-order valence-electron chi connectivity index (χ1n) is 6.24. The molecule has 1 aromatic rings. The van der Waals surface area contributed by atoms with Crippen molar-refractivity contribution in [3.05, 3.63) is 21.9 Å². The highest BCUT2D eigenvalue weighted by molar-refractivity contribution is 7.12. The monoisotopic (exact) mass is 269 g/mol. The van der Waals surface area contributed by atoms with Gasteiger partial charge in [-0.2, -0.15) is 0 Å². The summed E-state index contributed by atoms with van der Waals surface area (Å²) in [5, 5.41) is 2.81. The Hall–Kier alpha value is -0.910. The zero-order chi connectivity index (χ0) is 13.7. The van der Waals surface area contributed by atoms with Crippen LogP contribution in [0.5, 0.6) is 0 Å². The fourth-order valence-corrected chi connectivity index (χ4v) is 3.23. The van der Waals surface area contributed by atoms with Crippen LogP contribution < -0.4 is 11.1 Å². The lowest BCUT2D eigenvalue weighted by molar-refractivity contribution is -0.122. The molecule has 1 heterocycles. The van der Waals surface area contributed by atoms with Gasteiger partial charge in [-0.1, -0.05) is 0 Å². The summed E-state index contributed by atoms with van der Waals surface area (Å²) in [5.41, 5.74) is 6.06. The molecule has 2 atom stereocenters. The van der Waals surface area contributed by atoms with E-state index in [0.717, 1.165) is 0 Å². The molecule has 0 fully saturated rings. The van der Waals surface area contributed by atoms with Gasteiger partial charge in [0, 0.05) is 22.3 Å². The van der Waals surface area contributed by atoms with Crippen molar-refractivity contribution in [2.75, 3.05) is 20.1 Å². The Morgan fingerprint density at radius 3 is 2.67 bits per heavy atom. The smallest absolute Gasteiger partial charge is 0.234 e. The van der Waals surface area contributed by atoms with Crippen LogP contribution in [-0.4, -0.2) is 37.0 Å². The number of rotatable bonds is 6. The summed E-state index contributed by atoms with van der Waals surface area (Å²) >= 11 is 1.74. The molecule has 3 N–H and O–H groups in total. The summed E-state index contributed by atoms with van der Waals surface area (Å²) in [6.45, 7) is 7.01. The highest BCUT2D eigenvalue weighted by Gasteiger charge is 2.23. The van der Waals surface area contributed by atoms with Crippen LogP contribution in [0.2, 0.25) is 0 Å². The predicted octanol–water partition coefficient (Wildman–Crippen LogP) is 1.51. The number of nitrogens with zero attached hydrogens (tertiary/aromatic N) is 1. The molecule has 4 nitrogen and oxygen atoms in total. The summed E-state index contributed by atoms with van der Waals surface area (Å²) in [5.74, 6) is 0.0407. The van der Waals surface area contributed by atoms with Crippen molar-refractivity contribution in [3.63, 3.8) is 0 Å². The third-order valence-electron chi connectivity index (χ3n) is 2.79. The molecule has 0 aliphatic heterocycles. The second kappa shape index (κ2) is 6.87. The maximum atomic E-state index is 11.6. The highest BCUT2D eigenvalue weighted by Crippen LogP contribution is 2.28. The molecule has 0 bridgehead atoms. The maximum Gasteiger partial charge on any atom is 0.234 e. The number of carbonyl (C=O) groups is 1. The van der Waals surface area contributed by atoms with E-state index in [0.29, 0.717) is 13.1 Å². The number of carbonyl (C=O) groups excluding carboxylic acids is 1. The van der Waals surface area contributed by atoms with Gasteiger partial charge in [-0.3, -0.25) is 9.69 Å². The van der Waals surface area contributed by atoms with Gasteiger partial charge in [-0.25, -0.2) is 0 Å². The quantitative estimate of drug-likeness (QED) is 0.823. The molecule has 0 radical (unpaired) electrons. The molecule has 1 rings (SSSR count). The van der Waals surface area contributed by atoms with E-state index >= 15 is 0 Å². The van der Waals surface area contributed by atoms with Crippen LogP contribution in [0.1, 0.15) is 29.6 Å². The first-order valence-corrected chi connectivity index (χ1v) is 7.06. The van der Waals surface area contributed by atoms with Crippen LogP contribution in [0.25, 0.3) is 0 Å². The molecule has 0 spiro atoms. The van der Waals surface area contributed by atoms with Gasteiger partial charge in [-0.15, -0.1) is 11.3 Å². The van der Waals surface area contributed by atoms with Gasteiger partial charge >= 0.3 is 0 Å². The first-order chi connectivity index (χ1) is 8.45. The topological polar surface area (TPSA) is 58.4 Å². The van der Waals surface area contributed by atoms with Gasteiger partial charge in [-0.05, 0) is 40.0 Å². The van der Waals surface area contributed by atoms with Crippen LogP contribution in [0.15, 0.2) is 12.1 Å². The van der Waals surface area contributed by atoms with Gasteiger partial charge in [0.25, 0.3) is 0 Å². The Labute approximate surface area is 113 Å². The average molecular weight is 269 g/mol. The lowest BCUT2D eigenvalue weighted by atomic mass is 10.1. The number of thiophene rings is 1. The van der Waals surface area contributed by atoms with E-state index in [9.17, 15) is 4.79 Å². The van der Waals surface area contributed by atoms with E-state index in [1.165, 1.54) is 9.75 Å². The van der Waals surface area contributed by atoms with Crippen molar-refractivity contribution in [1.29, 1.82) is 0 Å². The highest BCUT2D eigenvalue weighted by atomic mass is 32.1. The minimum atomic E-state index is -0.0116. The Bertz CT molecular complexity index is 389. The van der Waals surface area contributed by atoms with Gasteiger partial charge in [0.15, 0.2) is 0 Å². The van der Waals surface area contributed by atoms with Crippen LogP contribution in [0.3, 0.4) is 0 Å². The van der Waals surface area contributed by atoms with Gasteiger partial charge < -0.3 is 11.1 Å². The molecule has 0 aliphatic carbocycles. The third kappa shape index (κ3) is 4.08. The molecule has 0 aliphatic rings. The summed E-state index contributed by atoms with van der Waals surface area (Å²) < 4.78 is 0. The number of hydrogen-bond donors (Lipinski definition) is 2. The second-order valence-electron chi connectivity index (χ2n) is 4.62. The number of amides is 1. The molecular formula is C13H23N3OS. The van der Waals surface area contributed by atoms with E-state index in [-0.39, 0.29) is 18.0 Å². The molecule has 0 saturated carbocycles. The summed E-state index contributed by atoms with van der Waals surface area (Å²) in [6.07, 6.45) is 0. The number of likely N-dealkylation sites (N-methyl/N-ethyl adjacent to an activating group) is 2. The van der Waals surface area contributed by atoms with E-state index < -0.39 is 0 Å². The zero-order valence-electron chi connectivity index (χ0n) is 11.6. The number of aryl methyl sites for hydroxylation is 1. The SMILES string of the molecule is CCNC(=O)CN(C)C(c1ccc(C)s1)C(C)N. The Morgan fingerprint density at radius 1 is 1.56 bits per heavy atom. The molecule has 18 heavy (non-hydrogen) atoms. The summed E-state index contributed by atoms with van der Waals surface area (Å²) in [7, 11) is 1.94. The van der Waals surface area contributed by atoms with Crippen LogP contribution in [0, 0.1) is 6.92 Å². The Kier molecular flexibility index (Phi) is 5.78. The molecule has 1 amide bonds. The van der Waals surface area contributed by atoms with Crippen molar-refractivity contribution in [1.82, 2.24) is 10.2 Å². The Balaban J connectivity index is 2.76.